The fourth-order valence-electron chi connectivity index (χ4n) is 2.65. The van der Waals surface area contributed by atoms with Crippen LogP contribution in [0, 0.1) is 29.6 Å². The zero-order valence-corrected chi connectivity index (χ0v) is 15.9. The number of nitrogens with one attached hydrogen (secondary N) is 1. The fourth-order valence-corrected chi connectivity index (χ4v) is 2.86. The van der Waals surface area contributed by atoms with Gasteiger partial charge in [-0.1, -0.05) is 11.6 Å². The molecule has 0 aliphatic rings. The van der Waals surface area contributed by atoms with Gasteiger partial charge in [0.2, 0.25) is 11.8 Å². The van der Waals surface area contributed by atoms with E-state index in [1.807, 2.05) is 12.1 Å². The van der Waals surface area contributed by atoms with E-state index in [1.54, 1.807) is 50.2 Å². The van der Waals surface area contributed by atoms with Gasteiger partial charge in [-0.25, -0.2) is 0 Å². The van der Waals surface area contributed by atoms with Crippen LogP contribution in [0.3, 0.4) is 0 Å². The number of nitriles is 2. The van der Waals surface area contributed by atoms with Gasteiger partial charge in [-0.3, -0.25) is 0 Å². The summed E-state index contributed by atoms with van der Waals surface area (Å²) in [5.74, 6) is 0.482. The maximum Gasteiger partial charge on any atom is 0.247 e. The molecule has 3 aromatic rings. The number of nitrogens with zero attached hydrogens (tertiary/aromatic N) is 4. The SMILES string of the molecule is Cc1c(N[C@@H](c2nnc(-c3ccc(C#N)cc3)o2)C(C)O)ccc(C#N)c1Cl. The molecule has 0 radical (unpaired) electrons. The Labute approximate surface area is 166 Å². The average Bonchev–Trinajstić information content (AvgIpc) is 3.18. The molecule has 0 bridgehead atoms. The quantitative estimate of drug-likeness (QED) is 0.672. The van der Waals surface area contributed by atoms with Gasteiger partial charge in [0, 0.05) is 11.3 Å². The smallest absolute Gasteiger partial charge is 0.247 e. The summed E-state index contributed by atoms with van der Waals surface area (Å²) >= 11 is 6.22. The third kappa shape index (κ3) is 3.81. The van der Waals surface area contributed by atoms with Gasteiger partial charge in [0.25, 0.3) is 0 Å². The maximum absolute atomic E-state index is 10.2. The third-order valence-electron chi connectivity index (χ3n) is 4.27. The molecule has 0 saturated heterocycles. The molecular weight excluding hydrogens is 378 g/mol. The molecule has 1 aromatic heterocycles. The molecule has 1 heterocycles. The molecule has 0 fully saturated rings. The number of anilines is 1. The van der Waals surface area contributed by atoms with Crippen molar-refractivity contribution in [1.29, 1.82) is 10.5 Å². The Morgan fingerprint density at radius 2 is 1.82 bits per heavy atom. The lowest BCUT2D eigenvalue weighted by molar-refractivity contribution is 0.159. The van der Waals surface area contributed by atoms with Crippen LogP contribution in [-0.2, 0) is 0 Å². The highest BCUT2D eigenvalue weighted by atomic mass is 35.5. The summed E-state index contributed by atoms with van der Waals surface area (Å²) in [4.78, 5) is 0. The van der Waals surface area contributed by atoms with Crippen LogP contribution in [0.1, 0.15) is 35.5 Å². The van der Waals surface area contributed by atoms with Crippen molar-refractivity contribution in [3.8, 4) is 23.6 Å². The molecule has 0 aliphatic heterocycles. The fraction of sp³-hybridized carbons (Fsp3) is 0.200. The molecule has 3 rings (SSSR count). The molecule has 28 heavy (non-hydrogen) atoms. The second-order valence-electron chi connectivity index (χ2n) is 6.21. The van der Waals surface area contributed by atoms with E-state index in [2.05, 4.69) is 15.5 Å². The highest BCUT2D eigenvalue weighted by molar-refractivity contribution is 6.32. The molecule has 0 amide bonds. The monoisotopic (exact) mass is 393 g/mol. The van der Waals surface area contributed by atoms with Gasteiger partial charge in [-0.2, -0.15) is 10.5 Å². The molecule has 8 heteroatoms. The Kier molecular flexibility index (Phi) is 5.60. The van der Waals surface area contributed by atoms with Crippen molar-refractivity contribution in [2.75, 3.05) is 5.32 Å². The molecule has 0 saturated carbocycles. The van der Waals surface area contributed by atoms with Crippen molar-refractivity contribution in [3.63, 3.8) is 0 Å². The van der Waals surface area contributed by atoms with E-state index in [0.717, 1.165) is 0 Å². The molecule has 140 valence electrons. The molecule has 7 nitrogen and oxygen atoms in total. The van der Waals surface area contributed by atoms with Crippen molar-refractivity contribution in [3.05, 3.63) is 64.0 Å². The number of aliphatic hydroxyl groups excluding tert-OH is 1. The number of aliphatic hydroxyl groups is 1. The van der Waals surface area contributed by atoms with Gasteiger partial charge in [-0.15, -0.1) is 10.2 Å². The molecule has 0 spiro atoms. The highest BCUT2D eigenvalue weighted by Gasteiger charge is 2.25. The molecule has 0 aliphatic carbocycles. The zero-order valence-electron chi connectivity index (χ0n) is 15.1. The lowest BCUT2D eigenvalue weighted by atomic mass is 10.1. The van der Waals surface area contributed by atoms with Gasteiger partial charge in [0.05, 0.1) is 28.3 Å². The summed E-state index contributed by atoms with van der Waals surface area (Å²) in [6.07, 6.45) is -0.844. The third-order valence-corrected chi connectivity index (χ3v) is 4.75. The lowest BCUT2D eigenvalue weighted by Gasteiger charge is -2.21. The molecular formula is C20H16ClN5O2. The van der Waals surface area contributed by atoms with Crippen LogP contribution >= 0.6 is 11.6 Å². The van der Waals surface area contributed by atoms with E-state index in [0.29, 0.717) is 33.0 Å². The van der Waals surface area contributed by atoms with Crippen LogP contribution in [0.25, 0.3) is 11.5 Å². The lowest BCUT2D eigenvalue weighted by Crippen LogP contribution is -2.23. The normalized spacial score (nSPS) is 12.6. The van der Waals surface area contributed by atoms with Crippen LogP contribution < -0.4 is 5.32 Å². The second-order valence-corrected chi connectivity index (χ2v) is 6.59. The van der Waals surface area contributed by atoms with E-state index in [9.17, 15) is 5.11 Å². The average molecular weight is 394 g/mol. The first-order valence-corrected chi connectivity index (χ1v) is 8.80. The van der Waals surface area contributed by atoms with Crippen LogP contribution in [0.15, 0.2) is 40.8 Å². The zero-order chi connectivity index (χ0) is 20.3. The minimum atomic E-state index is -0.844. The molecule has 2 N–H and O–H groups in total. The van der Waals surface area contributed by atoms with Crippen molar-refractivity contribution in [1.82, 2.24) is 10.2 Å². The first kappa shape index (κ1) is 19.4. The number of benzene rings is 2. The van der Waals surface area contributed by atoms with Gasteiger partial charge >= 0.3 is 0 Å². The van der Waals surface area contributed by atoms with Crippen LogP contribution in [-0.4, -0.2) is 21.4 Å². The van der Waals surface area contributed by atoms with Gasteiger partial charge in [-0.05, 0) is 55.8 Å². The van der Waals surface area contributed by atoms with Crippen molar-refractivity contribution >= 4 is 17.3 Å². The largest absolute Gasteiger partial charge is 0.418 e. The summed E-state index contributed by atoms with van der Waals surface area (Å²) in [6.45, 7) is 3.38. The van der Waals surface area contributed by atoms with E-state index in [4.69, 9.17) is 26.5 Å². The predicted octanol–water partition coefficient (Wildman–Crippen LogP) is 3.98. The van der Waals surface area contributed by atoms with Crippen LogP contribution in [0.4, 0.5) is 5.69 Å². The standard InChI is InChI=1S/C20H16ClN5O2/c1-11-16(8-7-15(10-23)17(11)21)24-18(12(2)27)20-26-25-19(28-20)14-5-3-13(9-22)4-6-14/h3-8,12,18,24,27H,1-2H3/t12?,18-/m1/s1. The highest BCUT2D eigenvalue weighted by Crippen LogP contribution is 2.31. The van der Waals surface area contributed by atoms with E-state index < -0.39 is 12.1 Å². The summed E-state index contributed by atoms with van der Waals surface area (Å²) in [6, 6.07) is 13.5. The Morgan fingerprint density at radius 1 is 1.11 bits per heavy atom. The van der Waals surface area contributed by atoms with Gasteiger partial charge < -0.3 is 14.8 Å². The van der Waals surface area contributed by atoms with Crippen molar-refractivity contribution in [2.45, 2.75) is 26.0 Å². The van der Waals surface area contributed by atoms with E-state index >= 15 is 0 Å². The predicted molar refractivity (Wildman–Crippen MR) is 103 cm³/mol. The van der Waals surface area contributed by atoms with Crippen LogP contribution in [0.2, 0.25) is 5.02 Å². The van der Waals surface area contributed by atoms with Gasteiger partial charge in [0.15, 0.2) is 0 Å². The van der Waals surface area contributed by atoms with Crippen molar-refractivity contribution in [2.24, 2.45) is 0 Å². The summed E-state index contributed by atoms with van der Waals surface area (Å²) in [5, 5.41) is 39.8. The number of aromatic nitrogens is 2. The Hall–Kier alpha value is -3.39. The first-order valence-electron chi connectivity index (χ1n) is 8.42. The minimum Gasteiger partial charge on any atom is -0.418 e. The number of rotatable bonds is 5. The summed E-state index contributed by atoms with van der Waals surface area (Å²) in [7, 11) is 0. The summed E-state index contributed by atoms with van der Waals surface area (Å²) < 4.78 is 5.74. The van der Waals surface area contributed by atoms with Gasteiger partial charge in [0.1, 0.15) is 12.1 Å². The van der Waals surface area contributed by atoms with Crippen molar-refractivity contribution < 1.29 is 9.52 Å². The second kappa shape index (κ2) is 8.10. The topological polar surface area (TPSA) is 119 Å². The molecule has 2 aromatic carbocycles. The number of hydrogen-bond donors (Lipinski definition) is 2. The van der Waals surface area contributed by atoms with E-state index in [-0.39, 0.29) is 11.8 Å². The first-order chi connectivity index (χ1) is 13.4. The Morgan fingerprint density at radius 3 is 2.43 bits per heavy atom. The maximum atomic E-state index is 10.2. The minimum absolute atomic E-state index is 0.203. The molecule has 2 atom stereocenters. The van der Waals surface area contributed by atoms with E-state index in [1.165, 1.54) is 0 Å². The Bertz CT molecular complexity index is 1080. The Balaban J connectivity index is 1.90. The summed E-state index contributed by atoms with van der Waals surface area (Å²) in [5.41, 5.74) is 2.89. The number of hydrogen-bond acceptors (Lipinski definition) is 7. The van der Waals surface area contributed by atoms with Crippen LogP contribution in [0.5, 0.6) is 0 Å². The molecule has 1 unspecified atom stereocenters. The number of halogens is 1.